The summed E-state index contributed by atoms with van der Waals surface area (Å²) in [6, 6.07) is 8.05. The van der Waals surface area contributed by atoms with Crippen LogP contribution in [0.4, 0.5) is 5.69 Å². The van der Waals surface area contributed by atoms with Gasteiger partial charge in [-0.3, -0.25) is 4.90 Å². The van der Waals surface area contributed by atoms with E-state index in [1.165, 1.54) is 5.56 Å². The minimum atomic E-state index is -0.177. The highest BCUT2D eigenvalue weighted by atomic mass is 16.5. The number of nitroso groups, excluding NO2 is 1. The van der Waals surface area contributed by atoms with Gasteiger partial charge in [0.25, 0.3) is 0 Å². The van der Waals surface area contributed by atoms with Gasteiger partial charge in [-0.2, -0.15) is 0 Å². The molecule has 0 spiro atoms. The average Bonchev–Trinajstić information content (AvgIpc) is 3.02. The number of ether oxygens (including phenoxy) is 1. The van der Waals surface area contributed by atoms with E-state index >= 15 is 0 Å². The first-order chi connectivity index (χ1) is 13.1. The van der Waals surface area contributed by atoms with Crippen LogP contribution in [0.3, 0.4) is 0 Å². The Morgan fingerprint density at radius 3 is 2.78 bits per heavy atom. The van der Waals surface area contributed by atoms with Crippen LogP contribution in [0.15, 0.2) is 29.4 Å². The van der Waals surface area contributed by atoms with Crippen molar-refractivity contribution >= 4 is 16.6 Å². The Morgan fingerprint density at radius 2 is 2.07 bits per heavy atom. The van der Waals surface area contributed by atoms with E-state index in [2.05, 4.69) is 28.1 Å². The number of nitrogens with zero attached hydrogens (tertiary/aromatic N) is 2. The number of benzene rings is 2. The van der Waals surface area contributed by atoms with E-state index in [-0.39, 0.29) is 11.6 Å². The van der Waals surface area contributed by atoms with E-state index in [4.69, 9.17) is 4.74 Å². The van der Waals surface area contributed by atoms with Crippen molar-refractivity contribution in [2.45, 2.75) is 26.8 Å². The van der Waals surface area contributed by atoms with E-state index in [1.807, 2.05) is 25.1 Å². The number of fused-ring (bicyclic) bond motifs is 3. The quantitative estimate of drug-likeness (QED) is 0.661. The summed E-state index contributed by atoms with van der Waals surface area (Å²) in [5.41, 5.74) is 6.38. The molecule has 2 heterocycles. The summed E-state index contributed by atoms with van der Waals surface area (Å²) in [4.78, 5) is 16.7. The third-order valence-electron chi connectivity index (χ3n) is 5.52. The van der Waals surface area contributed by atoms with Crippen LogP contribution in [0.5, 0.6) is 11.6 Å². The molecule has 0 amide bonds. The van der Waals surface area contributed by atoms with E-state index < -0.39 is 0 Å². The van der Waals surface area contributed by atoms with Crippen LogP contribution in [0, 0.1) is 11.8 Å². The van der Waals surface area contributed by atoms with Gasteiger partial charge in [0, 0.05) is 24.0 Å². The maximum Gasteiger partial charge on any atom is 0.219 e. The van der Waals surface area contributed by atoms with Crippen molar-refractivity contribution < 1.29 is 9.84 Å². The zero-order valence-corrected chi connectivity index (χ0v) is 15.8. The normalized spacial score (nSPS) is 14.3. The standard InChI is InChI=1S/C21H23N3O3/c1-4-24-8-7-13-14(15-9-12(2)5-6-18(15)27-3)10-16-19(17(13)11-24)22-21(25)20(16)23-26/h5-6,9-10,22,25H,4,7-8,11H2,1-3H3. The molecule has 0 saturated carbocycles. The lowest BCUT2D eigenvalue weighted by atomic mass is 9.88. The summed E-state index contributed by atoms with van der Waals surface area (Å²) in [6.45, 7) is 6.88. The van der Waals surface area contributed by atoms with Crippen molar-refractivity contribution in [2.24, 2.45) is 5.18 Å². The first kappa shape index (κ1) is 17.5. The van der Waals surface area contributed by atoms with Crippen LogP contribution >= 0.6 is 0 Å². The number of hydrogen-bond donors (Lipinski definition) is 2. The number of hydrogen-bond acceptors (Lipinski definition) is 5. The highest BCUT2D eigenvalue weighted by Gasteiger charge is 2.26. The van der Waals surface area contributed by atoms with Gasteiger partial charge >= 0.3 is 0 Å². The molecule has 6 heteroatoms. The Morgan fingerprint density at radius 1 is 1.26 bits per heavy atom. The van der Waals surface area contributed by atoms with Crippen molar-refractivity contribution in [3.05, 3.63) is 45.9 Å². The third-order valence-corrected chi connectivity index (χ3v) is 5.52. The van der Waals surface area contributed by atoms with Crippen LogP contribution in [0.2, 0.25) is 0 Å². The van der Waals surface area contributed by atoms with Crippen LogP contribution in [0.1, 0.15) is 23.6 Å². The van der Waals surface area contributed by atoms with E-state index in [1.54, 1.807) is 7.11 Å². The second-order valence-corrected chi connectivity index (χ2v) is 7.04. The molecule has 0 aliphatic carbocycles. The van der Waals surface area contributed by atoms with Crippen molar-refractivity contribution in [2.75, 3.05) is 20.2 Å². The number of aromatic hydroxyl groups is 1. The topological polar surface area (TPSA) is 77.9 Å². The molecular weight excluding hydrogens is 342 g/mol. The summed E-state index contributed by atoms with van der Waals surface area (Å²) in [6.07, 6.45) is 0.898. The zero-order chi connectivity index (χ0) is 19.1. The van der Waals surface area contributed by atoms with E-state index in [0.717, 1.165) is 59.6 Å². The molecule has 27 heavy (non-hydrogen) atoms. The number of methoxy groups -OCH3 is 1. The van der Waals surface area contributed by atoms with Gasteiger partial charge in [-0.25, -0.2) is 0 Å². The molecule has 1 aromatic heterocycles. The Labute approximate surface area is 157 Å². The van der Waals surface area contributed by atoms with Gasteiger partial charge in [-0.05, 0) is 60.0 Å². The van der Waals surface area contributed by atoms with Crippen molar-refractivity contribution in [3.63, 3.8) is 0 Å². The molecule has 0 unspecified atom stereocenters. The van der Waals surface area contributed by atoms with Crippen molar-refractivity contribution in [3.8, 4) is 22.8 Å². The molecule has 1 aliphatic rings. The zero-order valence-electron chi connectivity index (χ0n) is 15.8. The predicted octanol–water partition coefficient (Wildman–Crippen LogP) is 4.63. The SMILES string of the molecule is CCN1CCc2c(-c3cc(C)ccc3OC)cc3c(N=O)c(O)[nH]c3c2C1. The smallest absolute Gasteiger partial charge is 0.219 e. The Kier molecular flexibility index (Phi) is 4.36. The number of H-pyrrole nitrogens is 1. The average molecular weight is 365 g/mol. The minimum Gasteiger partial charge on any atom is -0.496 e. The van der Waals surface area contributed by atoms with E-state index in [9.17, 15) is 10.0 Å². The van der Waals surface area contributed by atoms with Crippen molar-refractivity contribution in [1.82, 2.24) is 9.88 Å². The maximum absolute atomic E-state index is 11.4. The molecule has 0 fully saturated rings. The van der Waals surface area contributed by atoms with Gasteiger partial charge in [0.1, 0.15) is 5.75 Å². The van der Waals surface area contributed by atoms with Crippen LogP contribution < -0.4 is 4.74 Å². The second-order valence-electron chi connectivity index (χ2n) is 7.04. The Balaban J connectivity index is 2.07. The maximum atomic E-state index is 11.4. The highest BCUT2D eigenvalue weighted by molar-refractivity contribution is 6.00. The molecule has 6 nitrogen and oxygen atoms in total. The largest absolute Gasteiger partial charge is 0.496 e. The molecule has 1 aliphatic heterocycles. The lowest BCUT2D eigenvalue weighted by Gasteiger charge is -2.30. The minimum absolute atomic E-state index is 0.0642. The molecule has 2 N–H and O–H groups in total. The first-order valence-electron chi connectivity index (χ1n) is 9.17. The van der Waals surface area contributed by atoms with Crippen molar-refractivity contribution in [1.29, 1.82) is 0 Å². The van der Waals surface area contributed by atoms with Gasteiger partial charge in [0.2, 0.25) is 5.88 Å². The fourth-order valence-corrected chi connectivity index (χ4v) is 4.08. The lowest BCUT2D eigenvalue weighted by molar-refractivity contribution is 0.269. The molecule has 4 rings (SSSR count). The summed E-state index contributed by atoms with van der Waals surface area (Å²) in [5, 5.41) is 13.9. The monoisotopic (exact) mass is 365 g/mol. The van der Waals surface area contributed by atoms with Gasteiger partial charge in [0.05, 0.1) is 12.6 Å². The number of nitrogens with one attached hydrogen (secondary N) is 1. The number of rotatable bonds is 4. The van der Waals surface area contributed by atoms with Gasteiger partial charge < -0.3 is 14.8 Å². The number of aromatic nitrogens is 1. The van der Waals surface area contributed by atoms with Gasteiger partial charge in [-0.15, -0.1) is 4.91 Å². The molecule has 140 valence electrons. The number of aromatic amines is 1. The molecule has 0 atom stereocenters. The molecule has 3 aromatic rings. The van der Waals surface area contributed by atoms with Crippen LogP contribution in [0.25, 0.3) is 22.0 Å². The summed E-state index contributed by atoms with van der Waals surface area (Å²) < 4.78 is 5.61. The van der Waals surface area contributed by atoms with Gasteiger partial charge in [0.15, 0.2) is 5.69 Å². The first-order valence-corrected chi connectivity index (χ1v) is 9.17. The number of likely N-dealkylation sites (N-methyl/N-ethyl adjacent to an activating group) is 1. The predicted molar refractivity (Wildman–Crippen MR) is 107 cm³/mol. The van der Waals surface area contributed by atoms with Crippen LogP contribution in [-0.2, 0) is 13.0 Å². The van der Waals surface area contributed by atoms with E-state index in [0.29, 0.717) is 5.39 Å². The Hall–Kier alpha value is -2.86. The third kappa shape index (κ3) is 2.77. The van der Waals surface area contributed by atoms with Crippen LogP contribution in [-0.4, -0.2) is 35.2 Å². The molecule has 2 aromatic carbocycles. The lowest BCUT2D eigenvalue weighted by Crippen LogP contribution is -2.30. The summed E-state index contributed by atoms with van der Waals surface area (Å²) in [5.74, 6) is 0.615. The fourth-order valence-electron chi connectivity index (χ4n) is 4.08. The molecule has 0 saturated heterocycles. The summed E-state index contributed by atoms with van der Waals surface area (Å²) >= 11 is 0. The fraction of sp³-hybridized carbons (Fsp3) is 0.333. The molecular formula is C21H23N3O3. The highest BCUT2D eigenvalue weighted by Crippen LogP contribution is 2.44. The van der Waals surface area contributed by atoms with Gasteiger partial charge in [-0.1, -0.05) is 18.6 Å². The second kappa shape index (κ2) is 6.70. The number of aryl methyl sites for hydroxylation is 1. The summed E-state index contributed by atoms with van der Waals surface area (Å²) in [7, 11) is 1.67. The Bertz CT molecular complexity index is 1040. The molecule has 0 radical (unpaired) electrons. The molecule has 0 bridgehead atoms.